The topological polar surface area (TPSA) is 49.3 Å². The highest BCUT2D eigenvalue weighted by Crippen LogP contribution is 2.25. The molecule has 5 heteroatoms. The minimum atomic E-state index is -1.10. The van der Waals surface area contributed by atoms with Gasteiger partial charge in [0.25, 0.3) is 0 Å². The van der Waals surface area contributed by atoms with Gasteiger partial charge in [0.15, 0.2) is 0 Å². The Hall–Kier alpha value is -1.23. The first-order chi connectivity index (χ1) is 8.18. The van der Waals surface area contributed by atoms with Crippen molar-refractivity contribution in [3.8, 4) is 0 Å². The van der Waals surface area contributed by atoms with E-state index in [9.17, 15) is 9.18 Å². The molecular formula is C12H14FNO2S. The average molecular weight is 255 g/mol. The number of carboxylic acid groups (broad SMARTS) is 1. The third kappa shape index (κ3) is 2.91. The molecule has 0 saturated carbocycles. The third-order valence-electron chi connectivity index (χ3n) is 2.84. The molecule has 0 aromatic heterocycles. The number of benzene rings is 1. The van der Waals surface area contributed by atoms with Crippen molar-refractivity contribution in [2.24, 2.45) is 5.92 Å². The average Bonchev–Trinajstić information content (AvgIpc) is 2.80. The van der Waals surface area contributed by atoms with Crippen LogP contribution in [0.25, 0.3) is 0 Å². The Balaban J connectivity index is 2.10. The van der Waals surface area contributed by atoms with Crippen molar-refractivity contribution < 1.29 is 14.3 Å². The van der Waals surface area contributed by atoms with E-state index < -0.39 is 11.8 Å². The van der Waals surface area contributed by atoms with E-state index >= 15 is 0 Å². The van der Waals surface area contributed by atoms with Crippen LogP contribution in [0.4, 0.5) is 10.1 Å². The number of aromatic carboxylic acids is 1. The van der Waals surface area contributed by atoms with Crippen LogP contribution in [0.1, 0.15) is 16.8 Å². The van der Waals surface area contributed by atoms with Crippen LogP contribution < -0.4 is 5.32 Å². The molecule has 1 heterocycles. The summed E-state index contributed by atoms with van der Waals surface area (Å²) in [6, 6.07) is 4.10. The van der Waals surface area contributed by atoms with Crippen molar-refractivity contribution >= 4 is 23.4 Å². The van der Waals surface area contributed by atoms with Crippen LogP contribution in [0.15, 0.2) is 18.2 Å². The number of nitrogens with one attached hydrogen (secondary N) is 1. The Kier molecular flexibility index (Phi) is 3.89. The number of rotatable bonds is 4. The number of hydrogen-bond donors (Lipinski definition) is 2. The van der Waals surface area contributed by atoms with E-state index in [1.165, 1.54) is 18.2 Å². The van der Waals surface area contributed by atoms with Crippen molar-refractivity contribution in [1.29, 1.82) is 0 Å². The Bertz CT molecular complexity index is 419. The molecule has 1 unspecified atom stereocenters. The standard InChI is InChI=1S/C12H14FNO2S/c13-10-3-1-2-9(12(15)16)11(10)14-6-8-4-5-17-7-8/h1-3,8,14H,4-7H2,(H,15,16). The van der Waals surface area contributed by atoms with Gasteiger partial charge in [0.1, 0.15) is 5.82 Å². The van der Waals surface area contributed by atoms with Crippen LogP contribution in [0.2, 0.25) is 0 Å². The predicted octanol–water partition coefficient (Wildman–Crippen LogP) is 2.69. The van der Waals surface area contributed by atoms with Crippen molar-refractivity contribution in [3.63, 3.8) is 0 Å². The molecule has 1 aromatic rings. The number of carboxylic acids is 1. The van der Waals surface area contributed by atoms with Crippen LogP contribution in [0, 0.1) is 11.7 Å². The summed E-state index contributed by atoms with van der Waals surface area (Å²) in [5, 5.41) is 11.9. The summed E-state index contributed by atoms with van der Waals surface area (Å²) in [6.07, 6.45) is 1.11. The quantitative estimate of drug-likeness (QED) is 0.868. The normalized spacial score (nSPS) is 19.2. The van der Waals surface area contributed by atoms with Crippen molar-refractivity contribution in [1.82, 2.24) is 0 Å². The maximum atomic E-state index is 13.6. The monoisotopic (exact) mass is 255 g/mol. The maximum absolute atomic E-state index is 13.6. The van der Waals surface area contributed by atoms with E-state index in [0.29, 0.717) is 12.5 Å². The van der Waals surface area contributed by atoms with Crippen molar-refractivity contribution in [2.75, 3.05) is 23.4 Å². The smallest absolute Gasteiger partial charge is 0.337 e. The lowest BCUT2D eigenvalue weighted by Crippen LogP contribution is -2.16. The molecule has 0 radical (unpaired) electrons. The van der Waals surface area contributed by atoms with Gasteiger partial charge in [-0.05, 0) is 36.0 Å². The summed E-state index contributed by atoms with van der Waals surface area (Å²) in [5.41, 5.74) is 0.104. The largest absolute Gasteiger partial charge is 0.478 e. The molecule has 1 atom stereocenters. The summed E-state index contributed by atoms with van der Waals surface area (Å²) < 4.78 is 13.6. The number of carbonyl (C=O) groups is 1. The number of halogens is 1. The van der Waals surface area contributed by atoms with Crippen LogP contribution in [-0.2, 0) is 0 Å². The molecule has 0 amide bonds. The molecule has 1 saturated heterocycles. The van der Waals surface area contributed by atoms with Crippen molar-refractivity contribution in [3.05, 3.63) is 29.6 Å². The summed E-state index contributed by atoms with van der Waals surface area (Å²) >= 11 is 1.88. The Morgan fingerprint density at radius 3 is 3.06 bits per heavy atom. The number of hydrogen-bond acceptors (Lipinski definition) is 3. The van der Waals surface area contributed by atoms with Crippen LogP contribution in [0.5, 0.6) is 0 Å². The first kappa shape index (κ1) is 12.2. The molecule has 1 aromatic carbocycles. The zero-order valence-electron chi connectivity index (χ0n) is 9.28. The molecular weight excluding hydrogens is 241 g/mol. The highest BCUT2D eigenvalue weighted by molar-refractivity contribution is 7.99. The van der Waals surface area contributed by atoms with Gasteiger partial charge in [-0.1, -0.05) is 6.07 Å². The molecule has 92 valence electrons. The third-order valence-corrected chi connectivity index (χ3v) is 4.07. The van der Waals surface area contributed by atoms with Gasteiger partial charge >= 0.3 is 5.97 Å². The predicted molar refractivity (Wildman–Crippen MR) is 67.3 cm³/mol. The lowest BCUT2D eigenvalue weighted by atomic mass is 10.1. The van der Waals surface area contributed by atoms with Gasteiger partial charge in [0.2, 0.25) is 0 Å². The van der Waals surface area contributed by atoms with E-state index in [2.05, 4.69) is 5.32 Å². The van der Waals surface area contributed by atoms with Crippen LogP contribution in [0.3, 0.4) is 0 Å². The highest BCUT2D eigenvalue weighted by atomic mass is 32.2. The molecule has 3 nitrogen and oxygen atoms in total. The first-order valence-electron chi connectivity index (χ1n) is 5.52. The van der Waals surface area contributed by atoms with E-state index in [-0.39, 0.29) is 11.3 Å². The first-order valence-corrected chi connectivity index (χ1v) is 6.67. The van der Waals surface area contributed by atoms with E-state index in [1.54, 1.807) is 0 Å². The number of para-hydroxylation sites is 1. The molecule has 1 aliphatic rings. The summed E-state index contributed by atoms with van der Waals surface area (Å²) in [5.74, 6) is 1.09. The molecule has 0 spiro atoms. The van der Waals surface area contributed by atoms with E-state index in [1.807, 2.05) is 11.8 Å². The fraction of sp³-hybridized carbons (Fsp3) is 0.417. The second-order valence-corrected chi connectivity index (χ2v) is 5.23. The minimum absolute atomic E-state index is 0.00403. The molecule has 2 N–H and O–H groups in total. The summed E-state index contributed by atoms with van der Waals surface area (Å²) in [7, 11) is 0. The molecule has 1 aliphatic heterocycles. The van der Waals surface area contributed by atoms with Gasteiger partial charge in [0.05, 0.1) is 11.3 Å². The lowest BCUT2D eigenvalue weighted by molar-refractivity contribution is 0.0697. The lowest BCUT2D eigenvalue weighted by Gasteiger charge is -2.13. The van der Waals surface area contributed by atoms with E-state index in [4.69, 9.17) is 5.11 Å². The zero-order valence-corrected chi connectivity index (χ0v) is 10.1. The van der Waals surface area contributed by atoms with Gasteiger partial charge < -0.3 is 10.4 Å². The fourth-order valence-electron chi connectivity index (χ4n) is 1.87. The van der Waals surface area contributed by atoms with Gasteiger partial charge in [0, 0.05) is 6.54 Å². The SMILES string of the molecule is O=C(O)c1cccc(F)c1NCC1CCSC1. The molecule has 0 aliphatic carbocycles. The molecule has 1 fully saturated rings. The molecule has 17 heavy (non-hydrogen) atoms. The maximum Gasteiger partial charge on any atom is 0.337 e. The van der Waals surface area contributed by atoms with Gasteiger partial charge in [-0.15, -0.1) is 0 Å². The number of anilines is 1. The van der Waals surface area contributed by atoms with E-state index in [0.717, 1.165) is 17.9 Å². The Morgan fingerprint density at radius 2 is 2.41 bits per heavy atom. The van der Waals surface area contributed by atoms with Crippen LogP contribution in [-0.4, -0.2) is 29.1 Å². The van der Waals surface area contributed by atoms with Crippen molar-refractivity contribution in [2.45, 2.75) is 6.42 Å². The fourth-order valence-corrected chi connectivity index (χ4v) is 3.16. The minimum Gasteiger partial charge on any atom is -0.478 e. The van der Waals surface area contributed by atoms with Gasteiger partial charge in [-0.2, -0.15) is 11.8 Å². The molecule has 0 bridgehead atoms. The second-order valence-electron chi connectivity index (χ2n) is 4.08. The Labute approximate surface area is 103 Å². The molecule has 2 rings (SSSR count). The second kappa shape index (κ2) is 5.40. The highest BCUT2D eigenvalue weighted by Gasteiger charge is 2.18. The van der Waals surface area contributed by atoms with Crippen LogP contribution >= 0.6 is 11.8 Å². The van der Waals surface area contributed by atoms with Gasteiger partial charge in [-0.25, -0.2) is 9.18 Å². The summed E-state index contributed by atoms with van der Waals surface area (Å²) in [6.45, 7) is 0.633. The summed E-state index contributed by atoms with van der Waals surface area (Å²) in [4.78, 5) is 11.0. The Morgan fingerprint density at radius 1 is 1.59 bits per heavy atom. The van der Waals surface area contributed by atoms with Gasteiger partial charge in [-0.3, -0.25) is 0 Å². The number of thioether (sulfide) groups is 1. The zero-order chi connectivity index (χ0) is 12.3.